The maximum absolute atomic E-state index is 5.04. The van der Waals surface area contributed by atoms with E-state index in [1.807, 2.05) is 26.0 Å². The van der Waals surface area contributed by atoms with Crippen LogP contribution in [0.25, 0.3) is 0 Å². The van der Waals surface area contributed by atoms with Gasteiger partial charge in [0.1, 0.15) is 5.75 Å². The maximum atomic E-state index is 5.04. The van der Waals surface area contributed by atoms with Crippen molar-refractivity contribution < 1.29 is 4.74 Å². The predicted octanol–water partition coefficient (Wildman–Crippen LogP) is 2.86. The number of nitrogens with zero attached hydrogens (tertiary/aromatic N) is 1. The van der Waals surface area contributed by atoms with Crippen LogP contribution in [-0.2, 0) is 0 Å². The zero-order chi connectivity index (χ0) is 12.7. The Bertz CT molecular complexity index is 313. The van der Waals surface area contributed by atoms with E-state index < -0.39 is 0 Å². The number of pyridine rings is 1. The van der Waals surface area contributed by atoms with Gasteiger partial charge in [-0.3, -0.25) is 4.98 Å². The molecule has 1 atom stereocenters. The summed E-state index contributed by atoms with van der Waals surface area (Å²) >= 11 is 0. The Labute approximate surface area is 105 Å². The minimum atomic E-state index is 0.786. The SMILES string of the molecule is COc1cc(C)nc(C)c1.C[C@H]1CCCCN1. The second-order valence-corrected chi connectivity index (χ2v) is 4.64. The van der Waals surface area contributed by atoms with E-state index in [1.54, 1.807) is 7.11 Å². The molecular formula is C14H24N2O. The minimum absolute atomic E-state index is 0.786. The average molecular weight is 236 g/mol. The molecule has 0 amide bonds. The summed E-state index contributed by atoms with van der Waals surface area (Å²) < 4.78 is 5.04. The summed E-state index contributed by atoms with van der Waals surface area (Å²) in [6.45, 7) is 7.39. The quantitative estimate of drug-likeness (QED) is 0.814. The molecule has 17 heavy (non-hydrogen) atoms. The Morgan fingerprint density at radius 2 is 1.88 bits per heavy atom. The molecule has 0 radical (unpaired) electrons. The summed E-state index contributed by atoms with van der Waals surface area (Å²) in [5.74, 6) is 0.880. The van der Waals surface area contributed by atoms with E-state index in [2.05, 4.69) is 17.2 Å². The average Bonchev–Trinajstić information content (AvgIpc) is 2.29. The van der Waals surface area contributed by atoms with Crippen LogP contribution >= 0.6 is 0 Å². The van der Waals surface area contributed by atoms with E-state index in [0.29, 0.717) is 0 Å². The van der Waals surface area contributed by atoms with Crippen LogP contribution in [0.5, 0.6) is 5.75 Å². The van der Waals surface area contributed by atoms with Gasteiger partial charge in [0.25, 0.3) is 0 Å². The molecule has 96 valence electrons. The predicted molar refractivity (Wildman–Crippen MR) is 71.6 cm³/mol. The fraction of sp³-hybridized carbons (Fsp3) is 0.643. The van der Waals surface area contributed by atoms with Crippen LogP contribution in [0.4, 0.5) is 0 Å². The Hall–Kier alpha value is -1.09. The Morgan fingerprint density at radius 3 is 2.24 bits per heavy atom. The van der Waals surface area contributed by atoms with Gasteiger partial charge in [0.05, 0.1) is 7.11 Å². The third-order valence-electron chi connectivity index (χ3n) is 2.85. The standard InChI is InChI=1S/C8H11NO.C6H13N/c1-6-4-8(10-3)5-7(2)9-6;1-6-4-2-3-5-7-6/h4-5H,1-3H3;6-7H,2-5H2,1H3/t;6-/m.0/s1. The lowest BCUT2D eigenvalue weighted by molar-refractivity contribution is 0.413. The highest BCUT2D eigenvalue weighted by molar-refractivity contribution is 5.25. The molecule has 1 N–H and O–H groups in total. The third-order valence-corrected chi connectivity index (χ3v) is 2.85. The van der Waals surface area contributed by atoms with Crippen LogP contribution in [0.1, 0.15) is 37.6 Å². The number of ether oxygens (including phenoxy) is 1. The summed E-state index contributed by atoms with van der Waals surface area (Å²) in [4.78, 5) is 4.20. The largest absolute Gasteiger partial charge is 0.497 e. The Morgan fingerprint density at radius 1 is 1.24 bits per heavy atom. The van der Waals surface area contributed by atoms with E-state index >= 15 is 0 Å². The molecule has 0 aliphatic carbocycles. The summed E-state index contributed by atoms with van der Waals surface area (Å²) in [6.07, 6.45) is 4.18. The van der Waals surface area contributed by atoms with Crippen molar-refractivity contribution in [3.63, 3.8) is 0 Å². The number of hydrogen-bond donors (Lipinski definition) is 1. The number of nitrogens with one attached hydrogen (secondary N) is 1. The van der Waals surface area contributed by atoms with Gasteiger partial charge in [-0.2, -0.15) is 0 Å². The molecule has 1 aliphatic heterocycles. The van der Waals surface area contributed by atoms with E-state index in [-0.39, 0.29) is 0 Å². The third kappa shape index (κ3) is 5.68. The van der Waals surface area contributed by atoms with Gasteiger partial charge in [-0.1, -0.05) is 6.42 Å². The monoisotopic (exact) mass is 236 g/mol. The summed E-state index contributed by atoms with van der Waals surface area (Å²) in [7, 11) is 1.66. The molecular weight excluding hydrogens is 212 g/mol. The topological polar surface area (TPSA) is 34.1 Å². The molecule has 1 aromatic heterocycles. The van der Waals surface area contributed by atoms with E-state index in [9.17, 15) is 0 Å². The minimum Gasteiger partial charge on any atom is -0.497 e. The molecule has 3 heteroatoms. The van der Waals surface area contributed by atoms with Crippen LogP contribution in [0.15, 0.2) is 12.1 Å². The molecule has 0 aromatic carbocycles. The highest BCUT2D eigenvalue weighted by Gasteiger charge is 2.04. The summed E-state index contributed by atoms with van der Waals surface area (Å²) in [5, 5.41) is 3.38. The maximum Gasteiger partial charge on any atom is 0.122 e. The summed E-state index contributed by atoms with van der Waals surface area (Å²) in [6, 6.07) is 4.61. The fourth-order valence-corrected chi connectivity index (χ4v) is 1.94. The second kappa shape index (κ2) is 7.28. The van der Waals surface area contributed by atoms with Gasteiger partial charge in [-0.05, 0) is 40.2 Å². The number of piperidine rings is 1. The lowest BCUT2D eigenvalue weighted by Crippen LogP contribution is -2.30. The van der Waals surface area contributed by atoms with Gasteiger partial charge in [-0.15, -0.1) is 0 Å². The van der Waals surface area contributed by atoms with Crippen molar-refractivity contribution in [3.05, 3.63) is 23.5 Å². The zero-order valence-corrected chi connectivity index (χ0v) is 11.4. The molecule has 3 nitrogen and oxygen atoms in total. The number of aryl methyl sites for hydroxylation is 2. The van der Waals surface area contributed by atoms with Crippen LogP contribution in [0.2, 0.25) is 0 Å². The number of hydrogen-bond acceptors (Lipinski definition) is 3. The number of aromatic nitrogens is 1. The van der Waals surface area contributed by atoms with Crippen LogP contribution in [0.3, 0.4) is 0 Å². The van der Waals surface area contributed by atoms with Gasteiger partial charge in [-0.25, -0.2) is 0 Å². The van der Waals surface area contributed by atoms with Gasteiger partial charge in [0.2, 0.25) is 0 Å². The highest BCUT2D eigenvalue weighted by atomic mass is 16.5. The molecule has 0 unspecified atom stereocenters. The number of methoxy groups -OCH3 is 1. The Balaban J connectivity index is 0.000000181. The fourth-order valence-electron chi connectivity index (χ4n) is 1.94. The molecule has 2 rings (SSSR count). The Kier molecular flexibility index (Phi) is 5.98. The molecule has 1 aliphatic rings. The molecule has 0 spiro atoms. The van der Waals surface area contributed by atoms with E-state index in [4.69, 9.17) is 4.74 Å². The lowest BCUT2D eigenvalue weighted by atomic mass is 10.1. The van der Waals surface area contributed by atoms with Gasteiger partial charge in [0.15, 0.2) is 0 Å². The molecule has 1 saturated heterocycles. The first-order chi connectivity index (χ1) is 8.11. The van der Waals surface area contributed by atoms with Gasteiger partial charge < -0.3 is 10.1 Å². The highest BCUT2D eigenvalue weighted by Crippen LogP contribution is 2.11. The first kappa shape index (κ1) is 14.0. The first-order valence-corrected chi connectivity index (χ1v) is 6.34. The second-order valence-electron chi connectivity index (χ2n) is 4.64. The molecule has 0 saturated carbocycles. The van der Waals surface area contributed by atoms with Crippen LogP contribution in [-0.4, -0.2) is 24.7 Å². The van der Waals surface area contributed by atoms with E-state index in [0.717, 1.165) is 23.2 Å². The molecule has 0 bridgehead atoms. The zero-order valence-electron chi connectivity index (χ0n) is 11.4. The van der Waals surface area contributed by atoms with Crippen molar-refractivity contribution >= 4 is 0 Å². The van der Waals surface area contributed by atoms with Crippen molar-refractivity contribution in [2.45, 2.75) is 46.1 Å². The first-order valence-electron chi connectivity index (χ1n) is 6.34. The smallest absolute Gasteiger partial charge is 0.122 e. The van der Waals surface area contributed by atoms with Gasteiger partial charge >= 0.3 is 0 Å². The van der Waals surface area contributed by atoms with Crippen LogP contribution in [0, 0.1) is 13.8 Å². The van der Waals surface area contributed by atoms with Crippen molar-refractivity contribution in [1.29, 1.82) is 0 Å². The lowest BCUT2D eigenvalue weighted by Gasteiger charge is -2.18. The number of rotatable bonds is 1. The molecule has 2 heterocycles. The van der Waals surface area contributed by atoms with Crippen molar-refractivity contribution in [3.8, 4) is 5.75 Å². The van der Waals surface area contributed by atoms with Crippen molar-refractivity contribution in [2.24, 2.45) is 0 Å². The van der Waals surface area contributed by atoms with Crippen LogP contribution < -0.4 is 10.1 Å². The van der Waals surface area contributed by atoms with Crippen molar-refractivity contribution in [2.75, 3.05) is 13.7 Å². The van der Waals surface area contributed by atoms with Gasteiger partial charge in [0, 0.05) is 29.6 Å². The van der Waals surface area contributed by atoms with Crippen molar-refractivity contribution in [1.82, 2.24) is 10.3 Å². The molecule has 1 aromatic rings. The van der Waals surface area contributed by atoms with E-state index in [1.165, 1.54) is 25.8 Å². The molecule has 1 fully saturated rings. The normalized spacial score (nSPS) is 19.2. The summed E-state index contributed by atoms with van der Waals surface area (Å²) in [5.41, 5.74) is 1.99.